The summed E-state index contributed by atoms with van der Waals surface area (Å²) >= 11 is 0. The van der Waals surface area contributed by atoms with Crippen LogP contribution in [0.5, 0.6) is 0 Å². The molecule has 1 fully saturated rings. The fourth-order valence-corrected chi connectivity index (χ4v) is 2.07. The van der Waals surface area contributed by atoms with E-state index in [4.69, 9.17) is 0 Å². The molecule has 1 aliphatic heterocycles. The standard InChI is InChI=1S/C10H19N3/c1-2-5-9(6-3-1)13-10-11-7-4-8-12-10/h9H,1-8H2,(H2,11,12,13). The maximum absolute atomic E-state index is 4.42. The van der Waals surface area contributed by atoms with Crippen LogP contribution in [0.3, 0.4) is 0 Å². The van der Waals surface area contributed by atoms with E-state index in [-0.39, 0.29) is 0 Å². The first-order valence-corrected chi connectivity index (χ1v) is 5.50. The van der Waals surface area contributed by atoms with Gasteiger partial charge in [0.05, 0.1) is 0 Å². The highest BCUT2D eigenvalue weighted by atomic mass is 15.2. The largest absolute Gasteiger partial charge is 0.356 e. The molecule has 2 aliphatic rings. The minimum Gasteiger partial charge on any atom is -0.356 e. The first-order chi connectivity index (χ1) is 6.45. The van der Waals surface area contributed by atoms with E-state index in [1.54, 1.807) is 0 Å². The summed E-state index contributed by atoms with van der Waals surface area (Å²) in [5.41, 5.74) is 0. The van der Waals surface area contributed by atoms with Gasteiger partial charge in [-0.25, -0.2) is 0 Å². The van der Waals surface area contributed by atoms with E-state index in [9.17, 15) is 0 Å². The van der Waals surface area contributed by atoms with Gasteiger partial charge in [-0.1, -0.05) is 19.3 Å². The Morgan fingerprint density at radius 1 is 1.15 bits per heavy atom. The summed E-state index contributed by atoms with van der Waals surface area (Å²) in [6.07, 6.45) is 7.99. The molecule has 0 radical (unpaired) electrons. The molecule has 1 aliphatic carbocycles. The first-order valence-electron chi connectivity index (χ1n) is 5.50. The molecule has 2 rings (SSSR count). The van der Waals surface area contributed by atoms with E-state index >= 15 is 0 Å². The minimum atomic E-state index is 0.679. The highest BCUT2D eigenvalue weighted by Crippen LogP contribution is 2.17. The number of hydrogen-bond donors (Lipinski definition) is 2. The van der Waals surface area contributed by atoms with Gasteiger partial charge in [-0.05, 0) is 19.3 Å². The highest BCUT2D eigenvalue weighted by Gasteiger charge is 2.14. The molecule has 1 saturated carbocycles. The first kappa shape index (κ1) is 8.85. The fraction of sp³-hybridized carbons (Fsp3) is 0.900. The van der Waals surface area contributed by atoms with E-state index in [1.807, 2.05) is 0 Å². The third-order valence-corrected chi connectivity index (χ3v) is 2.84. The lowest BCUT2D eigenvalue weighted by Crippen LogP contribution is -2.46. The molecule has 3 heteroatoms. The van der Waals surface area contributed by atoms with E-state index in [0.29, 0.717) is 6.04 Å². The molecule has 74 valence electrons. The Bertz CT molecular complexity index is 183. The van der Waals surface area contributed by atoms with Gasteiger partial charge in [0, 0.05) is 19.1 Å². The molecule has 3 nitrogen and oxygen atoms in total. The summed E-state index contributed by atoms with van der Waals surface area (Å²) in [4.78, 5) is 4.42. The number of aliphatic imine (C=N–C) groups is 1. The van der Waals surface area contributed by atoms with Crippen LogP contribution in [-0.2, 0) is 0 Å². The van der Waals surface area contributed by atoms with Crippen molar-refractivity contribution in [3.8, 4) is 0 Å². The summed E-state index contributed by atoms with van der Waals surface area (Å²) in [6.45, 7) is 2.07. The van der Waals surface area contributed by atoms with Gasteiger partial charge in [0.15, 0.2) is 5.96 Å². The smallest absolute Gasteiger partial charge is 0.191 e. The summed E-state index contributed by atoms with van der Waals surface area (Å²) in [5, 5.41) is 6.80. The van der Waals surface area contributed by atoms with Crippen LogP contribution in [0.2, 0.25) is 0 Å². The Balaban J connectivity index is 1.78. The molecule has 0 aromatic carbocycles. The lowest BCUT2D eigenvalue weighted by Gasteiger charge is -2.26. The van der Waals surface area contributed by atoms with Crippen LogP contribution in [0.4, 0.5) is 0 Å². The van der Waals surface area contributed by atoms with Crippen molar-refractivity contribution in [2.75, 3.05) is 13.1 Å². The summed E-state index contributed by atoms with van der Waals surface area (Å²) in [5.74, 6) is 1.04. The normalized spacial score (nSPS) is 24.8. The maximum atomic E-state index is 4.42. The van der Waals surface area contributed by atoms with Gasteiger partial charge < -0.3 is 10.6 Å². The van der Waals surface area contributed by atoms with Gasteiger partial charge in [-0.15, -0.1) is 0 Å². The van der Waals surface area contributed by atoms with Crippen LogP contribution in [0.25, 0.3) is 0 Å². The van der Waals surface area contributed by atoms with Gasteiger partial charge in [-0.3, -0.25) is 4.99 Å². The zero-order valence-corrected chi connectivity index (χ0v) is 8.18. The summed E-state index contributed by atoms with van der Waals surface area (Å²) in [7, 11) is 0. The molecule has 0 aromatic rings. The Kier molecular flexibility index (Phi) is 3.06. The number of nitrogens with one attached hydrogen (secondary N) is 2. The average Bonchev–Trinajstić information content (AvgIpc) is 2.21. The zero-order valence-electron chi connectivity index (χ0n) is 8.18. The number of nitrogens with zero attached hydrogens (tertiary/aromatic N) is 1. The zero-order chi connectivity index (χ0) is 8.93. The van der Waals surface area contributed by atoms with Crippen molar-refractivity contribution >= 4 is 5.96 Å². The molecule has 0 atom stereocenters. The predicted molar refractivity (Wildman–Crippen MR) is 54.9 cm³/mol. The summed E-state index contributed by atoms with van der Waals surface area (Å²) in [6, 6.07) is 0.679. The summed E-state index contributed by atoms with van der Waals surface area (Å²) < 4.78 is 0. The van der Waals surface area contributed by atoms with Gasteiger partial charge in [0.25, 0.3) is 0 Å². The lowest BCUT2D eigenvalue weighted by atomic mass is 9.96. The van der Waals surface area contributed by atoms with Crippen molar-refractivity contribution < 1.29 is 0 Å². The lowest BCUT2D eigenvalue weighted by molar-refractivity contribution is 0.408. The molecule has 2 N–H and O–H groups in total. The molecule has 0 unspecified atom stereocenters. The maximum Gasteiger partial charge on any atom is 0.191 e. The quantitative estimate of drug-likeness (QED) is 0.639. The van der Waals surface area contributed by atoms with E-state index in [0.717, 1.165) is 19.0 Å². The van der Waals surface area contributed by atoms with Crippen LogP contribution in [0.15, 0.2) is 4.99 Å². The van der Waals surface area contributed by atoms with Crippen molar-refractivity contribution in [2.24, 2.45) is 4.99 Å². The van der Waals surface area contributed by atoms with Crippen LogP contribution in [-0.4, -0.2) is 25.1 Å². The number of rotatable bonds is 1. The van der Waals surface area contributed by atoms with E-state index < -0.39 is 0 Å². The van der Waals surface area contributed by atoms with Gasteiger partial charge in [0.1, 0.15) is 0 Å². The molecule has 0 aromatic heterocycles. The Hall–Kier alpha value is -0.730. The fourth-order valence-electron chi connectivity index (χ4n) is 2.07. The molecular weight excluding hydrogens is 162 g/mol. The van der Waals surface area contributed by atoms with Crippen molar-refractivity contribution in [3.63, 3.8) is 0 Å². The van der Waals surface area contributed by atoms with Crippen LogP contribution >= 0.6 is 0 Å². The van der Waals surface area contributed by atoms with Crippen LogP contribution in [0, 0.1) is 0 Å². The second kappa shape index (κ2) is 4.49. The molecule has 0 bridgehead atoms. The van der Waals surface area contributed by atoms with Crippen LogP contribution in [0.1, 0.15) is 38.5 Å². The Morgan fingerprint density at radius 2 is 2.00 bits per heavy atom. The average molecular weight is 181 g/mol. The number of hydrogen-bond acceptors (Lipinski definition) is 3. The molecule has 0 amide bonds. The second-order valence-electron chi connectivity index (χ2n) is 3.99. The van der Waals surface area contributed by atoms with Gasteiger partial charge >= 0.3 is 0 Å². The molecule has 13 heavy (non-hydrogen) atoms. The van der Waals surface area contributed by atoms with Crippen molar-refractivity contribution in [3.05, 3.63) is 0 Å². The molecule has 0 spiro atoms. The molecular formula is C10H19N3. The third kappa shape index (κ3) is 2.61. The number of guanidine groups is 1. The second-order valence-corrected chi connectivity index (χ2v) is 3.99. The van der Waals surface area contributed by atoms with Gasteiger partial charge in [-0.2, -0.15) is 0 Å². The van der Waals surface area contributed by atoms with Gasteiger partial charge in [0.2, 0.25) is 0 Å². The van der Waals surface area contributed by atoms with Crippen molar-refractivity contribution in [1.82, 2.24) is 10.6 Å². The van der Waals surface area contributed by atoms with E-state index in [1.165, 1.54) is 38.5 Å². The topological polar surface area (TPSA) is 36.4 Å². The monoisotopic (exact) mass is 181 g/mol. The Morgan fingerprint density at radius 3 is 2.69 bits per heavy atom. The van der Waals surface area contributed by atoms with E-state index in [2.05, 4.69) is 15.6 Å². The van der Waals surface area contributed by atoms with Crippen LogP contribution < -0.4 is 10.6 Å². The third-order valence-electron chi connectivity index (χ3n) is 2.84. The highest BCUT2D eigenvalue weighted by molar-refractivity contribution is 5.80. The molecule has 1 heterocycles. The molecule has 0 saturated heterocycles. The minimum absolute atomic E-state index is 0.679. The Labute approximate surface area is 80.0 Å². The van der Waals surface area contributed by atoms with Crippen molar-refractivity contribution in [1.29, 1.82) is 0 Å². The predicted octanol–water partition coefficient (Wildman–Crippen LogP) is 1.26. The SMILES string of the molecule is C1CCC(NC2=NCCCN2)CC1. The van der Waals surface area contributed by atoms with Crippen molar-refractivity contribution in [2.45, 2.75) is 44.6 Å².